The Morgan fingerprint density at radius 2 is 1.72 bits per heavy atom. The summed E-state index contributed by atoms with van der Waals surface area (Å²) in [7, 11) is 0. The van der Waals surface area contributed by atoms with Crippen LogP contribution in [0.5, 0.6) is 0 Å². The largest absolute Gasteiger partial charge is 0.384 e. The maximum absolute atomic E-state index is 5.39. The fourth-order valence-electron chi connectivity index (χ4n) is 4.42. The molecule has 0 radical (unpaired) electrons. The van der Waals surface area contributed by atoms with E-state index in [4.69, 9.17) is 4.52 Å². The quantitative estimate of drug-likeness (QED) is 0.850. The molecule has 0 aromatic carbocycles. The zero-order valence-corrected chi connectivity index (χ0v) is 15.3. The second-order valence-electron chi connectivity index (χ2n) is 7.82. The van der Waals surface area contributed by atoms with Crippen LogP contribution in [0.4, 0.5) is 0 Å². The minimum Gasteiger partial charge on any atom is -0.384 e. The molecule has 136 valence electrons. The zero-order valence-electron chi connectivity index (χ0n) is 15.3. The highest BCUT2D eigenvalue weighted by Crippen LogP contribution is 2.28. The summed E-state index contributed by atoms with van der Waals surface area (Å²) in [5, 5.41) is 11.7. The van der Waals surface area contributed by atoms with Gasteiger partial charge in [-0.05, 0) is 45.1 Å². The molecular weight excluding hydrogens is 312 g/mol. The van der Waals surface area contributed by atoms with Crippen LogP contribution in [0.15, 0.2) is 22.4 Å². The molecule has 1 aromatic heterocycles. The highest BCUT2D eigenvalue weighted by molar-refractivity contribution is 5.71. The van der Waals surface area contributed by atoms with Crippen LogP contribution >= 0.6 is 0 Å². The van der Waals surface area contributed by atoms with E-state index in [1.807, 2.05) is 6.92 Å². The number of hydrogen-bond donors (Lipinski definition) is 2. The van der Waals surface area contributed by atoms with Gasteiger partial charge >= 0.3 is 0 Å². The van der Waals surface area contributed by atoms with Crippen molar-refractivity contribution in [2.75, 3.05) is 0 Å². The summed E-state index contributed by atoms with van der Waals surface area (Å²) in [4.78, 5) is 4.40. The lowest BCUT2D eigenvalue weighted by atomic mass is 9.92. The Bertz CT molecular complexity index is 636. The van der Waals surface area contributed by atoms with Gasteiger partial charge in [-0.1, -0.05) is 43.3 Å². The summed E-state index contributed by atoms with van der Waals surface area (Å²) in [6.45, 7) is 1.87. The Kier molecular flexibility index (Phi) is 5.20. The van der Waals surface area contributed by atoms with Gasteiger partial charge in [0, 0.05) is 23.4 Å². The molecule has 1 unspecified atom stereocenters. The van der Waals surface area contributed by atoms with Crippen LogP contribution in [-0.2, 0) is 0 Å². The monoisotopic (exact) mass is 342 g/mol. The first-order valence-electron chi connectivity index (χ1n) is 10.0. The fraction of sp³-hybridized carbons (Fsp3) is 0.700. The van der Waals surface area contributed by atoms with E-state index in [-0.39, 0.29) is 0 Å². The standard InChI is InChI=1S/C20H30N4O/c1-14-21-20(25-24-14)15-11-12-18(22-16-7-3-2-4-8-16)19(13-15)23-17-9-5-6-10-17/h11,13,16-18,22-23H,2-10,12H2,1H3. The fourth-order valence-corrected chi connectivity index (χ4v) is 4.42. The van der Waals surface area contributed by atoms with Crippen LogP contribution < -0.4 is 10.6 Å². The van der Waals surface area contributed by atoms with Crippen molar-refractivity contribution in [2.24, 2.45) is 0 Å². The Morgan fingerprint density at radius 3 is 2.44 bits per heavy atom. The lowest BCUT2D eigenvalue weighted by Crippen LogP contribution is -2.45. The lowest BCUT2D eigenvalue weighted by molar-refractivity contribution is 0.341. The predicted octanol–water partition coefficient (Wildman–Crippen LogP) is 3.87. The highest BCUT2D eigenvalue weighted by atomic mass is 16.5. The third-order valence-corrected chi connectivity index (χ3v) is 5.80. The van der Waals surface area contributed by atoms with E-state index in [0.29, 0.717) is 29.8 Å². The van der Waals surface area contributed by atoms with E-state index in [0.717, 1.165) is 12.0 Å². The van der Waals surface area contributed by atoms with Gasteiger partial charge in [0.2, 0.25) is 0 Å². The van der Waals surface area contributed by atoms with Crippen LogP contribution in [0, 0.1) is 6.92 Å². The van der Waals surface area contributed by atoms with E-state index >= 15 is 0 Å². The first-order chi connectivity index (χ1) is 12.3. The minimum absolute atomic E-state index is 0.386. The van der Waals surface area contributed by atoms with E-state index in [1.54, 1.807) is 0 Å². The SMILES string of the molecule is Cc1noc(C2=CCC(NC3CCCCC3)C(NC3CCCC3)=C2)n1. The Hall–Kier alpha value is -1.62. The second-order valence-corrected chi connectivity index (χ2v) is 7.82. The average molecular weight is 342 g/mol. The highest BCUT2D eigenvalue weighted by Gasteiger charge is 2.26. The van der Waals surface area contributed by atoms with Crippen LogP contribution in [0.2, 0.25) is 0 Å². The molecule has 25 heavy (non-hydrogen) atoms. The van der Waals surface area contributed by atoms with Crippen LogP contribution in [-0.4, -0.2) is 28.3 Å². The van der Waals surface area contributed by atoms with Gasteiger partial charge in [-0.2, -0.15) is 4.98 Å². The summed E-state index contributed by atoms with van der Waals surface area (Å²) in [5.74, 6) is 1.33. The zero-order chi connectivity index (χ0) is 17.1. The maximum Gasteiger partial charge on any atom is 0.257 e. The van der Waals surface area contributed by atoms with Gasteiger partial charge in [-0.15, -0.1) is 0 Å². The second kappa shape index (κ2) is 7.73. The van der Waals surface area contributed by atoms with E-state index in [2.05, 4.69) is 32.9 Å². The molecule has 2 saturated carbocycles. The van der Waals surface area contributed by atoms with Crippen LogP contribution in [0.1, 0.15) is 75.9 Å². The van der Waals surface area contributed by atoms with Crippen molar-refractivity contribution >= 4 is 5.57 Å². The van der Waals surface area contributed by atoms with Gasteiger partial charge in [0.05, 0.1) is 6.04 Å². The molecule has 1 aromatic rings. The van der Waals surface area contributed by atoms with Crippen molar-refractivity contribution in [3.63, 3.8) is 0 Å². The van der Waals surface area contributed by atoms with Crippen molar-refractivity contribution in [3.05, 3.63) is 29.6 Å². The number of nitrogens with one attached hydrogen (secondary N) is 2. The molecule has 0 saturated heterocycles. The van der Waals surface area contributed by atoms with Crippen molar-refractivity contribution in [3.8, 4) is 0 Å². The molecule has 2 N–H and O–H groups in total. The summed E-state index contributed by atoms with van der Waals surface area (Å²) in [6.07, 6.45) is 17.5. The third-order valence-electron chi connectivity index (χ3n) is 5.80. The number of hydrogen-bond acceptors (Lipinski definition) is 5. The molecule has 1 atom stereocenters. The summed E-state index contributed by atoms with van der Waals surface area (Å²) >= 11 is 0. The van der Waals surface area contributed by atoms with Gasteiger partial charge in [0.25, 0.3) is 5.89 Å². The van der Waals surface area contributed by atoms with E-state index < -0.39 is 0 Å². The van der Waals surface area contributed by atoms with E-state index in [9.17, 15) is 0 Å². The number of aromatic nitrogens is 2. The third kappa shape index (κ3) is 4.14. The molecular formula is C20H30N4O. The number of aryl methyl sites for hydroxylation is 1. The molecule has 3 aliphatic rings. The molecule has 3 aliphatic carbocycles. The molecule has 0 aliphatic heterocycles. The molecule has 5 heteroatoms. The lowest BCUT2D eigenvalue weighted by Gasteiger charge is -2.33. The van der Waals surface area contributed by atoms with Gasteiger partial charge in [0.1, 0.15) is 0 Å². The molecule has 1 heterocycles. The molecule has 0 spiro atoms. The first-order valence-corrected chi connectivity index (χ1v) is 10.0. The Labute approximate surface area is 150 Å². The number of nitrogens with zero attached hydrogens (tertiary/aromatic N) is 2. The van der Waals surface area contributed by atoms with Crippen molar-refractivity contribution in [2.45, 2.75) is 89.3 Å². The number of rotatable bonds is 5. The summed E-state index contributed by atoms with van der Waals surface area (Å²) in [6, 6.07) is 1.66. The van der Waals surface area contributed by atoms with Crippen molar-refractivity contribution < 1.29 is 4.52 Å². The first kappa shape index (κ1) is 16.8. The van der Waals surface area contributed by atoms with Crippen molar-refractivity contribution in [1.82, 2.24) is 20.8 Å². The minimum atomic E-state index is 0.386. The molecule has 0 amide bonds. The topological polar surface area (TPSA) is 63.0 Å². The Morgan fingerprint density at radius 1 is 1.00 bits per heavy atom. The van der Waals surface area contributed by atoms with Gasteiger partial charge in [-0.25, -0.2) is 0 Å². The molecule has 0 bridgehead atoms. The van der Waals surface area contributed by atoms with Gasteiger partial charge in [0.15, 0.2) is 5.82 Å². The van der Waals surface area contributed by atoms with Crippen LogP contribution in [0.3, 0.4) is 0 Å². The van der Waals surface area contributed by atoms with Crippen molar-refractivity contribution in [1.29, 1.82) is 0 Å². The average Bonchev–Trinajstić information content (AvgIpc) is 3.29. The molecule has 5 nitrogen and oxygen atoms in total. The van der Waals surface area contributed by atoms with E-state index in [1.165, 1.54) is 63.5 Å². The number of allylic oxidation sites excluding steroid dienone is 2. The van der Waals surface area contributed by atoms with Gasteiger partial charge < -0.3 is 15.2 Å². The summed E-state index contributed by atoms with van der Waals surface area (Å²) in [5.41, 5.74) is 2.37. The molecule has 2 fully saturated rings. The predicted molar refractivity (Wildman–Crippen MR) is 98.9 cm³/mol. The van der Waals surface area contributed by atoms with Gasteiger partial charge in [-0.3, -0.25) is 0 Å². The van der Waals surface area contributed by atoms with Crippen LogP contribution in [0.25, 0.3) is 5.57 Å². The Balaban J connectivity index is 1.50. The normalized spacial score (nSPS) is 25.7. The maximum atomic E-state index is 5.39. The molecule has 4 rings (SSSR count). The summed E-state index contributed by atoms with van der Waals surface area (Å²) < 4.78 is 5.39. The smallest absolute Gasteiger partial charge is 0.257 e.